The maximum atomic E-state index is 10.1. The Bertz CT molecular complexity index is 376. The van der Waals surface area contributed by atoms with Gasteiger partial charge in [0.25, 0.3) is 0 Å². The number of methoxy groups -OCH3 is 1. The number of nitro groups is 1. The molecule has 0 radical (unpaired) electrons. The number of ether oxygens (including phenoxy) is 1. The lowest BCUT2D eigenvalue weighted by molar-refractivity contribution is -0.400. The van der Waals surface area contributed by atoms with Gasteiger partial charge in [0.1, 0.15) is 5.75 Å². The predicted molar refractivity (Wildman–Crippen MR) is 56.7 cm³/mol. The van der Waals surface area contributed by atoms with Crippen molar-refractivity contribution >= 4 is 22.0 Å². The summed E-state index contributed by atoms with van der Waals surface area (Å²) in [6.45, 7) is 0. The molecule has 0 heterocycles. The predicted octanol–water partition coefficient (Wildman–Crippen LogP) is 2.71. The van der Waals surface area contributed by atoms with E-state index in [4.69, 9.17) is 4.74 Å². The fraction of sp³-hybridized carbons (Fsp3) is 0.111. The van der Waals surface area contributed by atoms with Gasteiger partial charge in [0, 0.05) is 10.5 Å². The minimum atomic E-state index is -0.508. The van der Waals surface area contributed by atoms with Gasteiger partial charge in [-0.2, -0.15) is 0 Å². The Morgan fingerprint density at radius 3 is 2.86 bits per heavy atom. The summed E-state index contributed by atoms with van der Waals surface area (Å²) in [7, 11) is 1.55. The van der Waals surface area contributed by atoms with Crippen LogP contribution in [-0.2, 0) is 0 Å². The van der Waals surface area contributed by atoms with E-state index in [1.165, 1.54) is 6.08 Å². The van der Waals surface area contributed by atoms with E-state index in [2.05, 4.69) is 15.9 Å². The van der Waals surface area contributed by atoms with Crippen molar-refractivity contribution in [1.82, 2.24) is 0 Å². The van der Waals surface area contributed by atoms with Crippen LogP contribution in [0.2, 0.25) is 0 Å². The Kier molecular flexibility index (Phi) is 3.64. The second-order valence-electron chi connectivity index (χ2n) is 2.49. The van der Waals surface area contributed by atoms with Crippen molar-refractivity contribution in [1.29, 1.82) is 0 Å². The molecule has 0 aromatic heterocycles. The van der Waals surface area contributed by atoms with Gasteiger partial charge in [0.2, 0.25) is 6.20 Å². The number of hydrogen-bond acceptors (Lipinski definition) is 3. The van der Waals surface area contributed by atoms with Gasteiger partial charge in [-0.1, -0.05) is 15.9 Å². The van der Waals surface area contributed by atoms with Crippen LogP contribution in [0.25, 0.3) is 6.08 Å². The lowest BCUT2D eigenvalue weighted by Crippen LogP contribution is -1.86. The fourth-order valence-corrected chi connectivity index (χ4v) is 1.30. The van der Waals surface area contributed by atoms with Crippen LogP contribution in [0.3, 0.4) is 0 Å². The summed E-state index contributed by atoms with van der Waals surface area (Å²) in [6, 6.07) is 5.26. The van der Waals surface area contributed by atoms with E-state index < -0.39 is 4.92 Å². The second kappa shape index (κ2) is 4.76. The third-order valence-corrected chi connectivity index (χ3v) is 2.30. The molecule has 0 aliphatic heterocycles. The highest BCUT2D eigenvalue weighted by atomic mass is 79.9. The largest absolute Gasteiger partial charge is 0.497 e. The fourth-order valence-electron chi connectivity index (χ4n) is 0.918. The van der Waals surface area contributed by atoms with E-state index in [-0.39, 0.29) is 0 Å². The molecule has 0 fully saturated rings. The van der Waals surface area contributed by atoms with Crippen molar-refractivity contribution in [3.8, 4) is 5.75 Å². The Hall–Kier alpha value is -1.36. The summed E-state index contributed by atoms with van der Waals surface area (Å²) >= 11 is 3.28. The quantitative estimate of drug-likeness (QED) is 0.618. The maximum absolute atomic E-state index is 10.1. The number of hydrogen-bond donors (Lipinski definition) is 0. The van der Waals surface area contributed by atoms with Crippen LogP contribution in [0.5, 0.6) is 5.75 Å². The number of rotatable bonds is 3. The average molecular weight is 258 g/mol. The lowest BCUT2D eigenvalue weighted by Gasteiger charge is -2.01. The summed E-state index contributed by atoms with van der Waals surface area (Å²) in [6.07, 6.45) is 2.30. The molecule has 1 rings (SSSR count). The molecule has 0 atom stereocenters. The van der Waals surface area contributed by atoms with Crippen LogP contribution in [0.1, 0.15) is 5.56 Å². The number of halogens is 1. The summed E-state index contributed by atoms with van der Waals surface area (Å²) in [5.41, 5.74) is 0.709. The van der Waals surface area contributed by atoms with Crippen molar-refractivity contribution in [3.05, 3.63) is 44.5 Å². The molecule has 5 heteroatoms. The molecule has 74 valence electrons. The van der Waals surface area contributed by atoms with Gasteiger partial charge in [-0.15, -0.1) is 0 Å². The minimum absolute atomic E-state index is 0.508. The van der Waals surface area contributed by atoms with E-state index in [1.807, 2.05) is 0 Å². The molecule has 1 aromatic carbocycles. The van der Waals surface area contributed by atoms with Gasteiger partial charge < -0.3 is 4.74 Å². The average Bonchev–Trinajstić information content (AvgIpc) is 2.16. The normalized spacial score (nSPS) is 10.4. The summed E-state index contributed by atoms with van der Waals surface area (Å²) in [5.74, 6) is 0.663. The second-order valence-corrected chi connectivity index (χ2v) is 3.34. The molecule has 1 aromatic rings. The van der Waals surface area contributed by atoms with Crippen LogP contribution in [0, 0.1) is 10.1 Å². The van der Waals surface area contributed by atoms with Crippen LogP contribution < -0.4 is 4.74 Å². The van der Waals surface area contributed by atoms with Crippen LogP contribution in [0.15, 0.2) is 28.9 Å². The molecule has 0 bridgehead atoms. The summed E-state index contributed by atoms with van der Waals surface area (Å²) in [5, 5.41) is 10.1. The molecular weight excluding hydrogens is 250 g/mol. The van der Waals surface area contributed by atoms with Gasteiger partial charge in [0.15, 0.2) is 0 Å². The molecule has 0 saturated carbocycles. The molecule has 14 heavy (non-hydrogen) atoms. The SMILES string of the molecule is COc1ccc(Br)c(C=C[N+](=O)[O-])c1. The maximum Gasteiger partial charge on any atom is 0.235 e. The third-order valence-electron chi connectivity index (χ3n) is 1.58. The van der Waals surface area contributed by atoms with E-state index in [0.717, 1.165) is 10.7 Å². The number of nitrogens with zero attached hydrogens (tertiary/aromatic N) is 1. The molecule has 0 amide bonds. The summed E-state index contributed by atoms with van der Waals surface area (Å²) in [4.78, 5) is 9.60. The standard InChI is InChI=1S/C9H8BrNO3/c1-14-8-2-3-9(10)7(6-8)4-5-11(12)13/h2-6H,1H3. The topological polar surface area (TPSA) is 52.4 Å². The first-order chi connectivity index (χ1) is 6.63. The van der Waals surface area contributed by atoms with Crippen LogP contribution in [-0.4, -0.2) is 12.0 Å². The Morgan fingerprint density at radius 2 is 2.29 bits per heavy atom. The van der Waals surface area contributed by atoms with Gasteiger partial charge in [-0.25, -0.2) is 0 Å². The Labute approximate surface area is 89.5 Å². The zero-order chi connectivity index (χ0) is 10.6. The zero-order valence-electron chi connectivity index (χ0n) is 7.44. The molecule has 0 unspecified atom stereocenters. The van der Waals surface area contributed by atoms with Crippen molar-refractivity contribution in [2.75, 3.05) is 7.11 Å². The van der Waals surface area contributed by atoms with E-state index >= 15 is 0 Å². The molecular formula is C9H8BrNO3. The smallest absolute Gasteiger partial charge is 0.235 e. The number of benzene rings is 1. The van der Waals surface area contributed by atoms with E-state index in [1.54, 1.807) is 25.3 Å². The zero-order valence-corrected chi connectivity index (χ0v) is 9.02. The van der Waals surface area contributed by atoms with Crippen LogP contribution >= 0.6 is 15.9 Å². The van der Waals surface area contributed by atoms with E-state index in [9.17, 15) is 10.1 Å². The Morgan fingerprint density at radius 1 is 1.57 bits per heavy atom. The van der Waals surface area contributed by atoms with Gasteiger partial charge in [0.05, 0.1) is 12.0 Å². The molecule has 4 nitrogen and oxygen atoms in total. The first-order valence-electron chi connectivity index (χ1n) is 3.78. The lowest BCUT2D eigenvalue weighted by atomic mass is 10.2. The highest BCUT2D eigenvalue weighted by Crippen LogP contribution is 2.23. The molecule has 0 aliphatic carbocycles. The van der Waals surface area contributed by atoms with Crippen molar-refractivity contribution in [2.45, 2.75) is 0 Å². The van der Waals surface area contributed by atoms with Crippen molar-refractivity contribution < 1.29 is 9.66 Å². The van der Waals surface area contributed by atoms with Crippen molar-refractivity contribution in [3.63, 3.8) is 0 Å². The van der Waals surface area contributed by atoms with E-state index in [0.29, 0.717) is 11.3 Å². The first-order valence-corrected chi connectivity index (χ1v) is 4.58. The highest BCUT2D eigenvalue weighted by molar-refractivity contribution is 9.10. The third kappa shape index (κ3) is 2.85. The monoisotopic (exact) mass is 257 g/mol. The van der Waals surface area contributed by atoms with Gasteiger partial charge in [-0.05, 0) is 23.8 Å². The highest BCUT2D eigenvalue weighted by Gasteiger charge is 1.99. The van der Waals surface area contributed by atoms with Gasteiger partial charge in [-0.3, -0.25) is 10.1 Å². The molecule has 0 aliphatic rings. The van der Waals surface area contributed by atoms with Crippen molar-refractivity contribution in [2.24, 2.45) is 0 Å². The summed E-state index contributed by atoms with van der Waals surface area (Å²) < 4.78 is 5.78. The molecule has 0 saturated heterocycles. The molecule has 0 spiro atoms. The minimum Gasteiger partial charge on any atom is -0.497 e. The van der Waals surface area contributed by atoms with Crippen LogP contribution in [0.4, 0.5) is 0 Å². The Balaban J connectivity index is 3.00. The molecule has 0 N–H and O–H groups in total. The first kappa shape index (κ1) is 10.7. The van der Waals surface area contributed by atoms with Gasteiger partial charge >= 0.3 is 0 Å².